The van der Waals surface area contributed by atoms with E-state index in [2.05, 4.69) is 48.3 Å². The first-order valence-electron chi connectivity index (χ1n) is 5.21. The lowest BCUT2D eigenvalue weighted by atomic mass is 10.0. The number of aromatic nitrogens is 3. The van der Waals surface area contributed by atoms with E-state index in [1.54, 1.807) is 17.2 Å². The van der Waals surface area contributed by atoms with Crippen LogP contribution in [0.4, 0.5) is 0 Å². The maximum atomic E-state index is 4.08. The van der Waals surface area contributed by atoms with E-state index in [1.807, 2.05) is 0 Å². The Kier molecular flexibility index (Phi) is 2.81. The summed E-state index contributed by atoms with van der Waals surface area (Å²) in [4.78, 5) is 1.62. The van der Waals surface area contributed by atoms with Crippen molar-refractivity contribution in [3.05, 3.63) is 42.2 Å². The van der Waals surface area contributed by atoms with Gasteiger partial charge in [0.1, 0.15) is 0 Å². The lowest BCUT2D eigenvalue weighted by molar-refractivity contribution is 0.647. The van der Waals surface area contributed by atoms with E-state index in [4.69, 9.17) is 0 Å². The number of nitrogens with zero attached hydrogens (tertiary/aromatic N) is 3. The fourth-order valence-corrected chi connectivity index (χ4v) is 1.59. The first kappa shape index (κ1) is 9.90. The molecular weight excluding hydrogens is 186 g/mol. The van der Waals surface area contributed by atoms with E-state index in [0.717, 1.165) is 12.1 Å². The van der Waals surface area contributed by atoms with Gasteiger partial charge in [-0.1, -0.05) is 26.0 Å². The quantitative estimate of drug-likeness (QED) is 0.763. The van der Waals surface area contributed by atoms with Gasteiger partial charge >= 0.3 is 0 Å². The summed E-state index contributed by atoms with van der Waals surface area (Å²) in [6.45, 7) is 4.45. The van der Waals surface area contributed by atoms with Gasteiger partial charge in [-0.2, -0.15) is 15.0 Å². The van der Waals surface area contributed by atoms with Gasteiger partial charge in [0.25, 0.3) is 0 Å². The molecule has 0 amide bonds. The molecule has 0 radical (unpaired) electrons. The van der Waals surface area contributed by atoms with E-state index in [9.17, 15) is 0 Å². The number of rotatable bonds is 3. The van der Waals surface area contributed by atoms with Crippen molar-refractivity contribution in [3.8, 4) is 5.69 Å². The van der Waals surface area contributed by atoms with Crippen LogP contribution in [0, 0.1) is 5.92 Å². The topological polar surface area (TPSA) is 30.7 Å². The van der Waals surface area contributed by atoms with Crippen LogP contribution in [0.1, 0.15) is 19.4 Å². The minimum Gasteiger partial charge on any atom is -0.157 e. The van der Waals surface area contributed by atoms with Crippen LogP contribution in [0.5, 0.6) is 0 Å². The van der Waals surface area contributed by atoms with Crippen LogP contribution < -0.4 is 0 Å². The van der Waals surface area contributed by atoms with Crippen LogP contribution in [0.2, 0.25) is 0 Å². The van der Waals surface area contributed by atoms with E-state index in [1.165, 1.54) is 5.56 Å². The van der Waals surface area contributed by atoms with Crippen molar-refractivity contribution >= 4 is 0 Å². The standard InChI is InChI=1S/C12H15N3/c1-10(2)9-11-3-5-12(6-4-11)15-13-7-8-14-15/h3-8,10H,9H2,1-2H3. The smallest absolute Gasteiger partial charge is 0.0856 e. The summed E-state index contributed by atoms with van der Waals surface area (Å²) in [6.07, 6.45) is 4.48. The van der Waals surface area contributed by atoms with Gasteiger partial charge in [0, 0.05) is 0 Å². The lowest BCUT2D eigenvalue weighted by Crippen LogP contribution is -1.99. The van der Waals surface area contributed by atoms with Crippen LogP contribution in [0.3, 0.4) is 0 Å². The van der Waals surface area contributed by atoms with E-state index < -0.39 is 0 Å². The third-order valence-electron chi connectivity index (χ3n) is 2.23. The van der Waals surface area contributed by atoms with Crippen molar-refractivity contribution in [1.29, 1.82) is 0 Å². The highest BCUT2D eigenvalue weighted by atomic mass is 15.5. The molecule has 0 spiro atoms. The van der Waals surface area contributed by atoms with Gasteiger partial charge in [-0.25, -0.2) is 0 Å². The fourth-order valence-electron chi connectivity index (χ4n) is 1.59. The molecule has 1 heterocycles. The van der Waals surface area contributed by atoms with Crippen molar-refractivity contribution in [3.63, 3.8) is 0 Å². The van der Waals surface area contributed by atoms with Crippen molar-refractivity contribution in [2.45, 2.75) is 20.3 Å². The third-order valence-corrected chi connectivity index (χ3v) is 2.23. The minimum atomic E-state index is 0.693. The Morgan fingerprint density at radius 1 is 1.07 bits per heavy atom. The second-order valence-electron chi connectivity index (χ2n) is 4.08. The van der Waals surface area contributed by atoms with Gasteiger partial charge in [0.2, 0.25) is 0 Å². The molecule has 0 aliphatic rings. The van der Waals surface area contributed by atoms with Gasteiger partial charge in [0.15, 0.2) is 0 Å². The van der Waals surface area contributed by atoms with Crippen LogP contribution in [0.15, 0.2) is 36.7 Å². The molecule has 0 N–H and O–H groups in total. The first-order valence-corrected chi connectivity index (χ1v) is 5.21. The highest BCUT2D eigenvalue weighted by molar-refractivity contribution is 5.32. The van der Waals surface area contributed by atoms with E-state index >= 15 is 0 Å². The fraction of sp³-hybridized carbons (Fsp3) is 0.333. The molecule has 2 aromatic rings. The van der Waals surface area contributed by atoms with Crippen molar-refractivity contribution in [1.82, 2.24) is 15.0 Å². The Balaban J connectivity index is 2.17. The second-order valence-corrected chi connectivity index (χ2v) is 4.08. The molecule has 0 aliphatic heterocycles. The van der Waals surface area contributed by atoms with E-state index in [0.29, 0.717) is 5.92 Å². The Labute approximate surface area is 89.7 Å². The molecule has 0 saturated carbocycles. The molecule has 0 saturated heterocycles. The Morgan fingerprint density at radius 2 is 1.67 bits per heavy atom. The highest BCUT2D eigenvalue weighted by Gasteiger charge is 1.99. The monoisotopic (exact) mass is 201 g/mol. The summed E-state index contributed by atoms with van der Waals surface area (Å²) in [6, 6.07) is 8.38. The molecule has 3 heteroatoms. The highest BCUT2D eigenvalue weighted by Crippen LogP contribution is 2.11. The van der Waals surface area contributed by atoms with Crippen molar-refractivity contribution in [2.24, 2.45) is 5.92 Å². The maximum Gasteiger partial charge on any atom is 0.0856 e. The largest absolute Gasteiger partial charge is 0.157 e. The van der Waals surface area contributed by atoms with Gasteiger partial charge in [-0.15, -0.1) is 0 Å². The maximum absolute atomic E-state index is 4.08. The average molecular weight is 201 g/mol. The molecule has 15 heavy (non-hydrogen) atoms. The zero-order valence-electron chi connectivity index (χ0n) is 9.09. The normalized spacial score (nSPS) is 10.9. The molecule has 0 atom stereocenters. The molecule has 0 aliphatic carbocycles. The van der Waals surface area contributed by atoms with Gasteiger partial charge in [0.05, 0.1) is 18.1 Å². The zero-order chi connectivity index (χ0) is 10.7. The molecule has 0 unspecified atom stereocenters. The van der Waals surface area contributed by atoms with Gasteiger partial charge in [-0.3, -0.25) is 0 Å². The summed E-state index contributed by atoms with van der Waals surface area (Å²) in [5.74, 6) is 0.693. The SMILES string of the molecule is CC(C)Cc1ccc(-n2nccn2)cc1. The lowest BCUT2D eigenvalue weighted by Gasteiger charge is -2.05. The van der Waals surface area contributed by atoms with Gasteiger partial charge < -0.3 is 0 Å². The summed E-state index contributed by atoms with van der Waals surface area (Å²) >= 11 is 0. The Bertz CT molecular complexity index is 401. The average Bonchev–Trinajstić information content (AvgIpc) is 2.71. The number of hydrogen-bond acceptors (Lipinski definition) is 2. The van der Waals surface area contributed by atoms with Crippen LogP contribution in [-0.2, 0) is 6.42 Å². The molecule has 1 aromatic heterocycles. The summed E-state index contributed by atoms with van der Waals surface area (Å²) in [5, 5.41) is 8.17. The van der Waals surface area contributed by atoms with Crippen LogP contribution in [-0.4, -0.2) is 15.0 Å². The molecule has 3 nitrogen and oxygen atoms in total. The van der Waals surface area contributed by atoms with Crippen molar-refractivity contribution in [2.75, 3.05) is 0 Å². The van der Waals surface area contributed by atoms with Crippen LogP contribution in [0.25, 0.3) is 5.69 Å². The molecule has 78 valence electrons. The summed E-state index contributed by atoms with van der Waals surface area (Å²) in [7, 11) is 0. The molecular formula is C12H15N3. The predicted octanol–water partition coefficient (Wildman–Crippen LogP) is 2.47. The zero-order valence-corrected chi connectivity index (χ0v) is 9.09. The second kappa shape index (κ2) is 4.26. The minimum absolute atomic E-state index is 0.693. The summed E-state index contributed by atoms with van der Waals surface area (Å²) in [5.41, 5.74) is 2.37. The van der Waals surface area contributed by atoms with Crippen molar-refractivity contribution < 1.29 is 0 Å². The molecule has 0 fully saturated rings. The Morgan fingerprint density at radius 3 is 2.20 bits per heavy atom. The number of hydrogen-bond donors (Lipinski definition) is 0. The molecule has 1 aromatic carbocycles. The predicted molar refractivity (Wildman–Crippen MR) is 59.9 cm³/mol. The van der Waals surface area contributed by atoms with Gasteiger partial charge in [-0.05, 0) is 30.0 Å². The van der Waals surface area contributed by atoms with E-state index in [-0.39, 0.29) is 0 Å². The first-order chi connectivity index (χ1) is 7.25. The van der Waals surface area contributed by atoms with Crippen LogP contribution >= 0.6 is 0 Å². The third kappa shape index (κ3) is 2.43. The molecule has 0 bridgehead atoms. The Hall–Kier alpha value is -1.64. The molecule has 2 rings (SSSR count). The summed E-state index contributed by atoms with van der Waals surface area (Å²) < 4.78 is 0. The number of benzene rings is 1.